The van der Waals surface area contributed by atoms with Crippen molar-refractivity contribution in [3.05, 3.63) is 0 Å². The zero-order valence-corrected chi connectivity index (χ0v) is 13.0. The molecule has 0 aromatic carbocycles. The van der Waals surface area contributed by atoms with E-state index in [1.165, 1.54) is 4.90 Å². The molecule has 120 valence electrons. The molecule has 2 aliphatic rings. The number of nitrogens with one attached hydrogen (secondary N) is 1. The van der Waals surface area contributed by atoms with Gasteiger partial charge in [0.15, 0.2) is 9.84 Å². The first-order valence-electron chi connectivity index (χ1n) is 7.22. The monoisotopic (exact) mass is 318 g/mol. The first kappa shape index (κ1) is 16.1. The highest BCUT2D eigenvalue weighted by atomic mass is 32.2. The average molecular weight is 318 g/mol. The number of carboxylic acid groups (broad SMARTS) is 1. The smallest absolute Gasteiger partial charge is 0.323 e. The third-order valence-electron chi connectivity index (χ3n) is 4.24. The van der Waals surface area contributed by atoms with E-state index in [4.69, 9.17) is 5.11 Å². The minimum atomic E-state index is -3.12. The Morgan fingerprint density at radius 2 is 1.95 bits per heavy atom. The maximum atomic E-state index is 12.4. The number of carbonyl (C=O) groups excluding carboxylic acids is 1. The maximum absolute atomic E-state index is 12.4. The van der Waals surface area contributed by atoms with Crippen molar-refractivity contribution < 1.29 is 23.1 Å². The molecular weight excluding hydrogens is 296 g/mol. The Bertz CT molecular complexity index is 527. The van der Waals surface area contributed by atoms with Crippen molar-refractivity contribution in [1.29, 1.82) is 0 Å². The molecule has 1 unspecified atom stereocenters. The fraction of sp³-hybridized carbons (Fsp3) is 0.846. The molecule has 7 nitrogen and oxygen atoms in total. The van der Waals surface area contributed by atoms with Crippen LogP contribution in [0.4, 0.5) is 4.79 Å². The SMILES string of the molecule is CC1(NC(=O)N(CC(=O)O)C2CCCC2)CCS(=O)(=O)C1. The molecule has 1 heterocycles. The van der Waals surface area contributed by atoms with Crippen LogP contribution in [0.3, 0.4) is 0 Å². The van der Waals surface area contributed by atoms with Crippen molar-refractivity contribution in [1.82, 2.24) is 10.2 Å². The van der Waals surface area contributed by atoms with Crippen LogP contribution in [0.2, 0.25) is 0 Å². The fourth-order valence-corrected chi connectivity index (χ4v) is 5.26. The van der Waals surface area contributed by atoms with Crippen LogP contribution < -0.4 is 5.32 Å². The van der Waals surface area contributed by atoms with Gasteiger partial charge in [0.25, 0.3) is 0 Å². The van der Waals surface area contributed by atoms with E-state index in [2.05, 4.69) is 5.32 Å². The number of nitrogens with zero attached hydrogens (tertiary/aromatic N) is 1. The Labute approximate surface area is 124 Å². The van der Waals surface area contributed by atoms with Gasteiger partial charge in [-0.15, -0.1) is 0 Å². The van der Waals surface area contributed by atoms with Crippen LogP contribution >= 0.6 is 0 Å². The van der Waals surface area contributed by atoms with Crippen molar-refractivity contribution in [2.45, 2.75) is 50.6 Å². The van der Waals surface area contributed by atoms with Gasteiger partial charge in [-0.3, -0.25) is 4.79 Å². The van der Waals surface area contributed by atoms with E-state index >= 15 is 0 Å². The Morgan fingerprint density at radius 1 is 1.33 bits per heavy atom. The summed E-state index contributed by atoms with van der Waals surface area (Å²) in [5, 5.41) is 11.7. The molecule has 2 N–H and O–H groups in total. The molecule has 1 saturated carbocycles. The minimum absolute atomic E-state index is 0.0616. The highest BCUT2D eigenvalue weighted by molar-refractivity contribution is 7.91. The lowest BCUT2D eigenvalue weighted by Gasteiger charge is -2.32. The van der Waals surface area contributed by atoms with Gasteiger partial charge in [0.1, 0.15) is 6.54 Å². The Hall–Kier alpha value is -1.31. The lowest BCUT2D eigenvalue weighted by Crippen LogP contribution is -2.55. The van der Waals surface area contributed by atoms with Gasteiger partial charge < -0.3 is 15.3 Å². The summed E-state index contributed by atoms with van der Waals surface area (Å²) in [6.07, 6.45) is 3.94. The van der Waals surface area contributed by atoms with Crippen LogP contribution in [-0.4, -0.2) is 60.1 Å². The predicted octanol–water partition coefficient (Wildman–Crippen LogP) is 0.602. The summed E-state index contributed by atoms with van der Waals surface area (Å²) < 4.78 is 23.1. The van der Waals surface area contributed by atoms with E-state index in [1.54, 1.807) is 6.92 Å². The molecular formula is C13H22N2O5S. The minimum Gasteiger partial charge on any atom is -0.480 e. The van der Waals surface area contributed by atoms with Crippen LogP contribution in [0.25, 0.3) is 0 Å². The highest BCUT2D eigenvalue weighted by Crippen LogP contribution is 2.26. The molecule has 2 rings (SSSR count). The van der Waals surface area contributed by atoms with E-state index in [-0.39, 0.29) is 24.1 Å². The first-order chi connectivity index (χ1) is 9.71. The standard InChI is InChI=1S/C13H22N2O5S/c1-13(6-7-21(19,20)9-13)14-12(18)15(8-11(16)17)10-4-2-3-5-10/h10H,2-9H2,1H3,(H,14,18)(H,16,17). The second kappa shape index (κ2) is 5.82. The van der Waals surface area contributed by atoms with Gasteiger partial charge in [-0.1, -0.05) is 12.8 Å². The molecule has 2 fully saturated rings. The zero-order valence-electron chi connectivity index (χ0n) is 12.2. The van der Waals surface area contributed by atoms with Crippen LogP contribution in [0, 0.1) is 0 Å². The molecule has 1 saturated heterocycles. The summed E-state index contributed by atoms with van der Waals surface area (Å²) in [4.78, 5) is 24.7. The quantitative estimate of drug-likeness (QED) is 0.790. The molecule has 0 aromatic heterocycles. The van der Waals surface area contributed by atoms with E-state index in [1.807, 2.05) is 0 Å². The van der Waals surface area contributed by atoms with E-state index < -0.39 is 27.4 Å². The number of rotatable bonds is 4. The largest absolute Gasteiger partial charge is 0.480 e. The first-order valence-corrected chi connectivity index (χ1v) is 9.04. The van der Waals surface area contributed by atoms with E-state index in [0.29, 0.717) is 6.42 Å². The van der Waals surface area contributed by atoms with Gasteiger partial charge in [-0.25, -0.2) is 13.2 Å². The molecule has 1 atom stereocenters. The lowest BCUT2D eigenvalue weighted by atomic mass is 10.0. The summed E-state index contributed by atoms with van der Waals surface area (Å²) in [6, 6.07) is -0.536. The number of hydrogen-bond donors (Lipinski definition) is 2. The topological polar surface area (TPSA) is 104 Å². The maximum Gasteiger partial charge on any atom is 0.323 e. The second-order valence-corrected chi connectivity index (χ2v) is 8.48. The molecule has 8 heteroatoms. The Morgan fingerprint density at radius 3 is 2.43 bits per heavy atom. The van der Waals surface area contributed by atoms with Crippen LogP contribution in [0.1, 0.15) is 39.0 Å². The van der Waals surface area contributed by atoms with Gasteiger partial charge in [-0.05, 0) is 26.2 Å². The number of sulfone groups is 1. The summed E-state index contributed by atoms with van der Waals surface area (Å²) in [7, 11) is -3.12. The Balaban J connectivity index is 2.06. The molecule has 2 amide bonds. The molecule has 1 aliphatic heterocycles. The molecule has 0 aromatic rings. The molecule has 1 aliphatic carbocycles. The predicted molar refractivity (Wildman–Crippen MR) is 76.8 cm³/mol. The Kier molecular flexibility index (Phi) is 4.46. The zero-order chi connectivity index (χ0) is 15.7. The van der Waals surface area contributed by atoms with Gasteiger partial charge in [0.2, 0.25) is 0 Å². The summed E-state index contributed by atoms with van der Waals surface area (Å²) in [5.41, 5.74) is -0.800. The normalized spacial score (nSPS) is 28.4. The molecule has 0 spiro atoms. The van der Waals surface area contributed by atoms with Gasteiger partial charge in [-0.2, -0.15) is 0 Å². The summed E-state index contributed by atoms with van der Waals surface area (Å²) >= 11 is 0. The van der Waals surface area contributed by atoms with Crippen molar-refractivity contribution in [2.24, 2.45) is 0 Å². The average Bonchev–Trinajstić information content (AvgIpc) is 2.94. The van der Waals surface area contributed by atoms with Gasteiger partial charge in [0.05, 0.1) is 17.0 Å². The third kappa shape index (κ3) is 4.09. The van der Waals surface area contributed by atoms with Crippen molar-refractivity contribution in [3.8, 4) is 0 Å². The van der Waals surface area contributed by atoms with Crippen molar-refractivity contribution in [2.75, 3.05) is 18.1 Å². The van der Waals surface area contributed by atoms with E-state index in [0.717, 1.165) is 25.7 Å². The number of aliphatic carboxylic acids is 1. The van der Waals surface area contributed by atoms with Crippen LogP contribution in [0.5, 0.6) is 0 Å². The number of carboxylic acids is 1. The summed E-state index contributed by atoms with van der Waals surface area (Å²) in [5.74, 6) is -1.08. The number of hydrogen-bond acceptors (Lipinski definition) is 4. The highest BCUT2D eigenvalue weighted by Gasteiger charge is 2.41. The fourth-order valence-electron chi connectivity index (χ4n) is 3.17. The van der Waals surface area contributed by atoms with Gasteiger partial charge >= 0.3 is 12.0 Å². The van der Waals surface area contributed by atoms with Gasteiger partial charge in [0, 0.05) is 6.04 Å². The third-order valence-corrected chi connectivity index (χ3v) is 6.15. The number of amides is 2. The molecule has 21 heavy (non-hydrogen) atoms. The second-order valence-electron chi connectivity index (χ2n) is 6.29. The van der Waals surface area contributed by atoms with Crippen molar-refractivity contribution >= 4 is 21.8 Å². The molecule has 0 radical (unpaired) electrons. The van der Waals surface area contributed by atoms with Crippen molar-refractivity contribution in [3.63, 3.8) is 0 Å². The summed E-state index contributed by atoms with van der Waals surface area (Å²) in [6.45, 7) is 1.35. The lowest BCUT2D eigenvalue weighted by molar-refractivity contribution is -0.138. The molecule has 0 bridgehead atoms. The number of urea groups is 1. The van der Waals surface area contributed by atoms with Crippen LogP contribution in [-0.2, 0) is 14.6 Å². The van der Waals surface area contributed by atoms with E-state index in [9.17, 15) is 18.0 Å². The van der Waals surface area contributed by atoms with Crippen LogP contribution in [0.15, 0.2) is 0 Å². The number of carbonyl (C=O) groups is 2.